The molecule has 254 valence electrons. The number of esters is 1. The van der Waals surface area contributed by atoms with Crippen molar-refractivity contribution in [1.29, 1.82) is 0 Å². The normalized spacial score (nSPS) is 15.3. The first-order valence-electron chi connectivity index (χ1n) is 17.5. The van der Waals surface area contributed by atoms with E-state index in [0.717, 1.165) is 57.6 Å². The molecule has 1 aliphatic heterocycles. The maximum absolute atomic E-state index is 13.8. The van der Waals surface area contributed by atoms with Gasteiger partial charge in [0.05, 0.1) is 16.4 Å². The lowest BCUT2D eigenvalue weighted by Gasteiger charge is -2.31. The molecule has 0 unspecified atom stereocenters. The number of hydrogen-bond donors (Lipinski definition) is 1. The van der Waals surface area contributed by atoms with Gasteiger partial charge in [0.2, 0.25) is 0 Å². The number of ether oxygens (including phenoxy) is 1. The number of carbonyl (C=O) groups excluding carboxylic acids is 2. The van der Waals surface area contributed by atoms with Crippen LogP contribution in [0.5, 0.6) is 0 Å². The summed E-state index contributed by atoms with van der Waals surface area (Å²) in [5.74, 6) is 0.657. The minimum atomic E-state index is -0.680. The number of hydrogen-bond acceptors (Lipinski definition) is 8. The summed E-state index contributed by atoms with van der Waals surface area (Å²) in [7, 11) is 0. The topological polar surface area (TPSA) is 102 Å². The van der Waals surface area contributed by atoms with Crippen LogP contribution in [0, 0.1) is 5.92 Å². The van der Waals surface area contributed by atoms with Gasteiger partial charge in [0.15, 0.2) is 10.8 Å². The Morgan fingerprint density at radius 3 is 2.57 bits per heavy atom. The van der Waals surface area contributed by atoms with Crippen LogP contribution in [0.15, 0.2) is 60.8 Å². The minimum absolute atomic E-state index is 0.187. The number of amides is 1. The molecule has 10 heteroatoms. The molecule has 0 spiro atoms. The molecule has 1 N–H and O–H groups in total. The summed E-state index contributed by atoms with van der Waals surface area (Å²) in [4.78, 5) is 39.2. The molecule has 3 aromatic heterocycles. The van der Waals surface area contributed by atoms with Crippen molar-refractivity contribution < 1.29 is 14.3 Å². The third-order valence-electron chi connectivity index (χ3n) is 9.56. The van der Waals surface area contributed by atoms with Gasteiger partial charge in [-0.05, 0) is 93.8 Å². The van der Waals surface area contributed by atoms with Gasteiger partial charge in [-0.15, -0.1) is 0 Å². The zero-order valence-electron chi connectivity index (χ0n) is 28.8. The molecule has 0 saturated heterocycles. The molecule has 9 nitrogen and oxygen atoms in total. The second-order valence-corrected chi connectivity index (χ2v) is 15.2. The quantitative estimate of drug-likeness (QED) is 0.165. The minimum Gasteiger partial charge on any atom is -0.455 e. The highest BCUT2D eigenvalue weighted by Gasteiger charge is 2.29. The van der Waals surface area contributed by atoms with E-state index in [-0.39, 0.29) is 11.6 Å². The molecule has 4 heterocycles. The van der Waals surface area contributed by atoms with Crippen LogP contribution >= 0.6 is 11.3 Å². The fourth-order valence-corrected chi connectivity index (χ4v) is 8.04. The number of benzene rings is 2. The average Bonchev–Trinajstić information content (AvgIpc) is 3.70. The van der Waals surface area contributed by atoms with E-state index in [0.29, 0.717) is 35.5 Å². The van der Waals surface area contributed by atoms with Crippen LogP contribution in [0.2, 0.25) is 0 Å². The highest BCUT2D eigenvalue weighted by molar-refractivity contribution is 7.22. The molecule has 0 bridgehead atoms. The summed E-state index contributed by atoms with van der Waals surface area (Å²) >= 11 is 1.46. The van der Waals surface area contributed by atoms with Crippen LogP contribution in [-0.4, -0.2) is 43.8 Å². The highest BCUT2D eigenvalue weighted by Crippen LogP contribution is 2.34. The molecule has 1 fully saturated rings. The van der Waals surface area contributed by atoms with Crippen molar-refractivity contribution in [2.75, 3.05) is 16.8 Å². The molecular formula is C39H44N6O3S. The van der Waals surface area contributed by atoms with Crippen LogP contribution in [-0.2, 0) is 30.7 Å². The lowest BCUT2D eigenvalue weighted by molar-refractivity contribution is 0.00638. The first-order valence-corrected chi connectivity index (χ1v) is 18.3. The molecule has 1 aliphatic carbocycles. The zero-order chi connectivity index (χ0) is 34.1. The standard InChI is InChI=1S/C39H44N6O3S/c1-5-32-29(22-40-45(32)23-25-12-7-6-8-13-25)27-18-19-34(42-35(27)37(47)48-39(2,3)4)44-21-20-26-14-11-15-28(30(26)24-44)36(46)43-38-41-31-16-9-10-17-33(31)49-38/h9-11,14-19,22,25H,5-8,12-13,20-21,23-24H2,1-4H3,(H,41,43,46). The maximum atomic E-state index is 13.8. The number of nitrogens with one attached hydrogen (secondary N) is 1. The molecule has 0 atom stereocenters. The van der Waals surface area contributed by atoms with E-state index in [1.165, 1.54) is 43.4 Å². The van der Waals surface area contributed by atoms with Crippen LogP contribution in [0.3, 0.4) is 0 Å². The van der Waals surface area contributed by atoms with E-state index in [1.807, 2.05) is 75.5 Å². The number of thiazole rings is 1. The van der Waals surface area contributed by atoms with Crippen molar-refractivity contribution in [3.63, 3.8) is 0 Å². The van der Waals surface area contributed by atoms with Crippen LogP contribution in [0.4, 0.5) is 10.9 Å². The van der Waals surface area contributed by atoms with E-state index in [4.69, 9.17) is 14.8 Å². The summed E-state index contributed by atoms with van der Waals surface area (Å²) < 4.78 is 9.07. The van der Waals surface area contributed by atoms with Gasteiger partial charge in [0.1, 0.15) is 11.4 Å². The Hall–Kier alpha value is -4.57. The fraction of sp³-hybridized carbons (Fsp3) is 0.410. The van der Waals surface area contributed by atoms with Gasteiger partial charge >= 0.3 is 5.97 Å². The van der Waals surface area contributed by atoms with Crippen molar-refractivity contribution in [1.82, 2.24) is 19.7 Å². The van der Waals surface area contributed by atoms with E-state index in [2.05, 4.69) is 32.9 Å². The molecule has 7 rings (SSSR count). The van der Waals surface area contributed by atoms with E-state index < -0.39 is 11.6 Å². The first-order chi connectivity index (χ1) is 23.7. The molecule has 49 heavy (non-hydrogen) atoms. The fourth-order valence-electron chi connectivity index (χ4n) is 7.18. The van der Waals surface area contributed by atoms with Gasteiger partial charge in [0.25, 0.3) is 5.91 Å². The number of rotatable bonds is 8. The lowest BCUT2D eigenvalue weighted by Crippen LogP contribution is -2.33. The molecule has 1 saturated carbocycles. The zero-order valence-corrected chi connectivity index (χ0v) is 29.6. The van der Waals surface area contributed by atoms with Crippen LogP contribution in [0.1, 0.15) is 97.5 Å². The monoisotopic (exact) mass is 676 g/mol. The van der Waals surface area contributed by atoms with Gasteiger partial charge < -0.3 is 9.64 Å². The third kappa shape index (κ3) is 7.11. The molecular weight excluding hydrogens is 633 g/mol. The Bertz CT molecular complexity index is 1970. The van der Waals surface area contributed by atoms with Gasteiger partial charge in [-0.2, -0.15) is 5.10 Å². The average molecular weight is 677 g/mol. The van der Waals surface area contributed by atoms with E-state index >= 15 is 0 Å². The highest BCUT2D eigenvalue weighted by atomic mass is 32.1. The van der Waals surface area contributed by atoms with Gasteiger partial charge in [0, 0.05) is 42.0 Å². The molecule has 5 aromatic rings. The Kier molecular flexibility index (Phi) is 9.24. The molecule has 0 radical (unpaired) electrons. The van der Waals surface area contributed by atoms with Crippen molar-refractivity contribution >= 4 is 44.4 Å². The number of carbonyl (C=O) groups is 2. The van der Waals surface area contributed by atoms with Crippen molar-refractivity contribution in [2.45, 2.75) is 91.3 Å². The third-order valence-corrected chi connectivity index (χ3v) is 10.5. The number of nitrogens with zero attached hydrogens (tertiary/aromatic N) is 5. The number of pyridine rings is 1. The Labute approximate surface area is 291 Å². The van der Waals surface area contributed by atoms with Crippen LogP contribution < -0.4 is 10.2 Å². The summed E-state index contributed by atoms with van der Waals surface area (Å²) in [6.45, 7) is 9.85. The van der Waals surface area contributed by atoms with Gasteiger partial charge in [-0.1, -0.05) is 61.8 Å². The molecule has 2 aliphatic rings. The summed E-state index contributed by atoms with van der Waals surface area (Å²) in [5, 5.41) is 8.42. The SMILES string of the molecule is CCc1c(-c2ccc(N3CCc4cccc(C(=O)Nc5nc6ccccc6s5)c4C3)nc2C(=O)OC(C)(C)C)cnn1CC1CCCCC1. The number of para-hydroxylation sites is 1. The van der Waals surface area contributed by atoms with Gasteiger partial charge in [-0.25, -0.2) is 14.8 Å². The second-order valence-electron chi connectivity index (χ2n) is 14.2. The number of anilines is 2. The predicted octanol–water partition coefficient (Wildman–Crippen LogP) is 8.47. The first kappa shape index (κ1) is 33.0. The smallest absolute Gasteiger partial charge is 0.358 e. The predicted molar refractivity (Wildman–Crippen MR) is 195 cm³/mol. The summed E-state index contributed by atoms with van der Waals surface area (Å²) in [6.07, 6.45) is 9.79. The second kappa shape index (κ2) is 13.7. The molecule has 1 amide bonds. The van der Waals surface area contributed by atoms with Crippen LogP contribution in [0.25, 0.3) is 21.3 Å². The summed E-state index contributed by atoms with van der Waals surface area (Å²) in [5.41, 5.74) is 5.94. The summed E-state index contributed by atoms with van der Waals surface area (Å²) in [6, 6.07) is 17.7. The Morgan fingerprint density at radius 2 is 1.80 bits per heavy atom. The van der Waals surface area contributed by atoms with Crippen molar-refractivity contribution in [3.8, 4) is 11.1 Å². The molecule has 2 aromatic carbocycles. The van der Waals surface area contributed by atoms with Crippen molar-refractivity contribution in [2.24, 2.45) is 5.92 Å². The van der Waals surface area contributed by atoms with E-state index in [1.54, 1.807) is 0 Å². The van der Waals surface area contributed by atoms with Crippen molar-refractivity contribution in [3.05, 3.63) is 88.9 Å². The number of fused-ring (bicyclic) bond motifs is 2. The largest absolute Gasteiger partial charge is 0.455 e. The lowest BCUT2D eigenvalue weighted by atomic mass is 9.89. The Morgan fingerprint density at radius 1 is 0.980 bits per heavy atom. The Balaban J connectivity index is 1.19. The van der Waals surface area contributed by atoms with Gasteiger partial charge in [-0.3, -0.25) is 14.8 Å². The maximum Gasteiger partial charge on any atom is 0.358 e. The number of aromatic nitrogens is 4. The van der Waals surface area contributed by atoms with E-state index in [9.17, 15) is 9.59 Å².